The van der Waals surface area contributed by atoms with Crippen molar-refractivity contribution in [2.24, 2.45) is 0 Å². The third kappa shape index (κ3) is 4.87. The first-order valence-electron chi connectivity index (χ1n) is 16.6. The summed E-state index contributed by atoms with van der Waals surface area (Å²) in [6, 6.07) is 70.8. The van der Waals surface area contributed by atoms with E-state index in [-0.39, 0.29) is 0 Å². The maximum Gasteiger partial charge on any atom is -0.00199 e. The van der Waals surface area contributed by atoms with Gasteiger partial charge in [0.2, 0.25) is 0 Å². The Morgan fingerprint density at radius 1 is 0.208 bits per heavy atom. The van der Waals surface area contributed by atoms with Crippen LogP contribution in [0.3, 0.4) is 0 Å². The van der Waals surface area contributed by atoms with Gasteiger partial charge in [-0.3, -0.25) is 0 Å². The zero-order valence-corrected chi connectivity index (χ0v) is 26.5. The van der Waals surface area contributed by atoms with Crippen LogP contribution in [-0.4, -0.2) is 0 Å². The van der Waals surface area contributed by atoms with Gasteiger partial charge in [0.25, 0.3) is 0 Å². The second-order valence-electron chi connectivity index (χ2n) is 12.5. The standard InChI is InChI=1S/C48H32/c1-3-14-33(15-4-1)37-20-13-21-38(30-37)39-28-29-41(35-17-5-2-6-18-35)46(32-39)48-44-24-11-9-22-42(44)47(43-23-10-12-25-45(43)48)40-27-26-34-16-7-8-19-36(34)31-40/h1-32H. The van der Waals surface area contributed by atoms with Crippen LogP contribution in [0.15, 0.2) is 194 Å². The third-order valence-corrected chi connectivity index (χ3v) is 9.65. The molecule has 0 bridgehead atoms. The quantitative estimate of drug-likeness (QED) is 0.171. The number of fused-ring (bicyclic) bond motifs is 3. The van der Waals surface area contributed by atoms with Crippen molar-refractivity contribution >= 4 is 32.3 Å². The largest absolute Gasteiger partial charge is 0.0622 e. The van der Waals surface area contributed by atoms with E-state index in [2.05, 4.69) is 194 Å². The van der Waals surface area contributed by atoms with Gasteiger partial charge < -0.3 is 0 Å². The SMILES string of the molecule is c1ccc(-c2cccc(-c3ccc(-c4ccccc4)c(-c4c5ccccc5c(-c5ccc6ccccc6c5)c5ccccc45)c3)c2)cc1. The maximum absolute atomic E-state index is 2.41. The fourth-order valence-corrected chi connectivity index (χ4v) is 7.38. The number of benzene rings is 9. The Morgan fingerprint density at radius 3 is 1.35 bits per heavy atom. The molecular weight excluding hydrogens is 577 g/mol. The molecule has 0 heteroatoms. The number of hydrogen-bond donors (Lipinski definition) is 0. The molecule has 9 rings (SSSR count). The molecule has 0 aliphatic rings. The molecule has 0 aromatic heterocycles. The van der Waals surface area contributed by atoms with Crippen LogP contribution in [0.2, 0.25) is 0 Å². The van der Waals surface area contributed by atoms with E-state index in [1.54, 1.807) is 0 Å². The summed E-state index contributed by atoms with van der Waals surface area (Å²) in [6.07, 6.45) is 0. The van der Waals surface area contributed by atoms with Crippen LogP contribution in [0.1, 0.15) is 0 Å². The summed E-state index contributed by atoms with van der Waals surface area (Å²) in [6.45, 7) is 0. The van der Waals surface area contributed by atoms with Gasteiger partial charge in [-0.1, -0.05) is 176 Å². The van der Waals surface area contributed by atoms with E-state index in [4.69, 9.17) is 0 Å². The molecule has 0 spiro atoms. The molecule has 224 valence electrons. The molecule has 0 aliphatic heterocycles. The zero-order chi connectivity index (χ0) is 31.9. The van der Waals surface area contributed by atoms with Gasteiger partial charge in [0.05, 0.1) is 0 Å². The second-order valence-corrected chi connectivity index (χ2v) is 12.5. The summed E-state index contributed by atoms with van der Waals surface area (Å²) >= 11 is 0. The minimum Gasteiger partial charge on any atom is -0.0622 e. The van der Waals surface area contributed by atoms with Crippen LogP contribution in [-0.2, 0) is 0 Å². The molecule has 0 saturated heterocycles. The first-order chi connectivity index (χ1) is 23.8. The van der Waals surface area contributed by atoms with Crippen molar-refractivity contribution in [3.8, 4) is 55.6 Å². The Labute approximate surface area is 281 Å². The van der Waals surface area contributed by atoms with E-state index in [1.807, 2.05) is 0 Å². The first kappa shape index (κ1) is 28.0. The molecule has 0 atom stereocenters. The highest BCUT2D eigenvalue weighted by atomic mass is 14.2. The van der Waals surface area contributed by atoms with Gasteiger partial charge in [-0.15, -0.1) is 0 Å². The summed E-state index contributed by atoms with van der Waals surface area (Å²) in [7, 11) is 0. The molecule has 9 aromatic carbocycles. The third-order valence-electron chi connectivity index (χ3n) is 9.65. The molecule has 0 unspecified atom stereocenters. The monoisotopic (exact) mass is 608 g/mol. The average Bonchev–Trinajstić information content (AvgIpc) is 3.17. The smallest absolute Gasteiger partial charge is 0.00199 e. The number of rotatable bonds is 5. The van der Waals surface area contributed by atoms with Gasteiger partial charge in [0.1, 0.15) is 0 Å². The topological polar surface area (TPSA) is 0 Å². The molecule has 0 saturated carbocycles. The normalized spacial score (nSPS) is 11.3. The van der Waals surface area contributed by atoms with Gasteiger partial charge in [-0.2, -0.15) is 0 Å². The average molecular weight is 609 g/mol. The lowest BCUT2D eigenvalue weighted by Gasteiger charge is -2.21. The van der Waals surface area contributed by atoms with E-state index in [9.17, 15) is 0 Å². The van der Waals surface area contributed by atoms with Crippen LogP contribution >= 0.6 is 0 Å². The fourth-order valence-electron chi connectivity index (χ4n) is 7.38. The van der Waals surface area contributed by atoms with Gasteiger partial charge in [-0.25, -0.2) is 0 Å². The fraction of sp³-hybridized carbons (Fsp3) is 0. The van der Waals surface area contributed by atoms with Crippen molar-refractivity contribution in [1.82, 2.24) is 0 Å². The van der Waals surface area contributed by atoms with Gasteiger partial charge in [0, 0.05) is 0 Å². The molecule has 0 nitrogen and oxygen atoms in total. The lowest BCUT2D eigenvalue weighted by atomic mass is 9.82. The van der Waals surface area contributed by atoms with Crippen molar-refractivity contribution in [1.29, 1.82) is 0 Å². The molecule has 48 heavy (non-hydrogen) atoms. The highest BCUT2D eigenvalue weighted by Crippen LogP contribution is 2.47. The van der Waals surface area contributed by atoms with Crippen LogP contribution in [0.5, 0.6) is 0 Å². The molecule has 0 amide bonds. The predicted molar refractivity (Wildman–Crippen MR) is 206 cm³/mol. The number of hydrogen-bond acceptors (Lipinski definition) is 0. The van der Waals surface area contributed by atoms with Gasteiger partial charge >= 0.3 is 0 Å². The van der Waals surface area contributed by atoms with E-state index in [0.29, 0.717) is 0 Å². The van der Waals surface area contributed by atoms with Crippen molar-refractivity contribution in [2.75, 3.05) is 0 Å². The Morgan fingerprint density at radius 2 is 0.688 bits per heavy atom. The Bertz CT molecular complexity index is 2540. The Hall–Kier alpha value is -6.24. The van der Waals surface area contributed by atoms with E-state index in [0.717, 1.165) is 0 Å². The lowest BCUT2D eigenvalue weighted by molar-refractivity contribution is 1.57. The molecule has 0 fully saturated rings. The van der Waals surface area contributed by atoms with Crippen molar-refractivity contribution < 1.29 is 0 Å². The maximum atomic E-state index is 2.41. The van der Waals surface area contributed by atoms with Gasteiger partial charge in [0.15, 0.2) is 0 Å². The minimum absolute atomic E-state index is 1.20. The van der Waals surface area contributed by atoms with Crippen molar-refractivity contribution in [3.63, 3.8) is 0 Å². The summed E-state index contributed by atoms with van der Waals surface area (Å²) in [5.74, 6) is 0. The Kier molecular flexibility index (Phi) is 6.91. The molecule has 0 radical (unpaired) electrons. The molecule has 0 aliphatic carbocycles. The summed E-state index contributed by atoms with van der Waals surface area (Å²) < 4.78 is 0. The first-order valence-corrected chi connectivity index (χ1v) is 16.6. The summed E-state index contributed by atoms with van der Waals surface area (Å²) in [5.41, 5.74) is 12.3. The lowest BCUT2D eigenvalue weighted by Crippen LogP contribution is -1.94. The summed E-state index contributed by atoms with van der Waals surface area (Å²) in [4.78, 5) is 0. The van der Waals surface area contributed by atoms with Crippen LogP contribution < -0.4 is 0 Å². The highest BCUT2D eigenvalue weighted by molar-refractivity contribution is 6.23. The second kappa shape index (κ2) is 11.8. The molecule has 9 aromatic rings. The zero-order valence-electron chi connectivity index (χ0n) is 26.5. The predicted octanol–water partition coefficient (Wildman–Crippen LogP) is 13.5. The highest BCUT2D eigenvalue weighted by Gasteiger charge is 2.20. The van der Waals surface area contributed by atoms with Crippen LogP contribution in [0.25, 0.3) is 88.0 Å². The van der Waals surface area contributed by atoms with Crippen molar-refractivity contribution in [2.45, 2.75) is 0 Å². The van der Waals surface area contributed by atoms with Crippen LogP contribution in [0.4, 0.5) is 0 Å². The van der Waals surface area contributed by atoms with E-state index < -0.39 is 0 Å². The minimum atomic E-state index is 1.20. The Balaban J connectivity index is 1.34. The summed E-state index contributed by atoms with van der Waals surface area (Å²) in [5, 5.41) is 7.54. The van der Waals surface area contributed by atoms with Crippen LogP contribution in [0, 0.1) is 0 Å². The molecular formula is C48H32. The van der Waals surface area contributed by atoms with Gasteiger partial charge in [-0.05, 0) is 106 Å². The molecule has 0 heterocycles. The van der Waals surface area contributed by atoms with E-state index in [1.165, 1.54) is 88.0 Å². The molecule has 0 N–H and O–H groups in total. The van der Waals surface area contributed by atoms with Crippen molar-refractivity contribution in [3.05, 3.63) is 194 Å². The van der Waals surface area contributed by atoms with E-state index >= 15 is 0 Å².